The summed E-state index contributed by atoms with van der Waals surface area (Å²) in [7, 11) is 1.65. The van der Waals surface area contributed by atoms with E-state index in [1.165, 1.54) is 5.56 Å². The van der Waals surface area contributed by atoms with Crippen molar-refractivity contribution in [1.29, 1.82) is 0 Å². The smallest absolute Gasteiger partial charge is 0.383 e. The molecule has 2 aliphatic heterocycles. The minimum atomic E-state index is -0.816. The molecule has 0 bridgehead atoms. The summed E-state index contributed by atoms with van der Waals surface area (Å²) < 4.78 is 38.6. The van der Waals surface area contributed by atoms with Crippen molar-refractivity contribution in [3.8, 4) is 11.5 Å². The van der Waals surface area contributed by atoms with Crippen LogP contribution in [0.5, 0.6) is 0 Å². The summed E-state index contributed by atoms with van der Waals surface area (Å²) in [6.45, 7) is 12.0. The van der Waals surface area contributed by atoms with Crippen LogP contribution in [0.4, 0.5) is 4.39 Å². The molecule has 67 heavy (non-hydrogen) atoms. The molecule has 0 spiro atoms. The van der Waals surface area contributed by atoms with Crippen molar-refractivity contribution in [2.75, 3.05) is 40.0 Å². The number of aryl methyl sites for hydroxylation is 2. The number of halogens is 1. The maximum absolute atomic E-state index is 15.6. The molecule has 2 aromatic carbocycles. The first-order valence-electron chi connectivity index (χ1n) is 23.8. The highest BCUT2D eigenvalue weighted by atomic mass is 19.1. The molecule has 5 fully saturated rings. The first-order valence-corrected chi connectivity index (χ1v) is 23.8. The predicted octanol–water partition coefficient (Wildman–Crippen LogP) is 6.09. The molecule has 4 aliphatic carbocycles. The van der Waals surface area contributed by atoms with Gasteiger partial charge in [0, 0.05) is 87.2 Å². The third kappa shape index (κ3) is 5.88. The predicted molar refractivity (Wildman–Crippen MR) is 243 cm³/mol. The third-order valence-corrected chi connectivity index (χ3v) is 17.0. The summed E-state index contributed by atoms with van der Waals surface area (Å²) in [4.78, 5) is 62.5. The number of amides is 2. The number of carbonyl (C=O) groups is 2. The van der Waals surface area contributed by atoms with Gasteiger partial charge in [0.25, 0.3) is 5.91 Å². The van der Waals surface area contributed by atoms with Gasteiger partial charge in [-0.1, -0.05) is 18.1 Å². The Morgan fingerprint density at radius 3 is 2.39 bits per heavy atom. The molecule has 4 aromatic heterocycles. The monoisotopic (exact) mass is 913 g/mol. The number of hydrogen-bond acceptors (Lipinski definition) is 9. The van der Waals surface area contributed by atoms with Crippen LogP contribution in [0.15, 0.2) is 62.9 Å². The molecule has 350 valence electrons. The Hall–Kier alpha value is -6.07. The fraction of sp³-hybridized carbons (Fsp3) is 0.520. The van der Waals surface area contributed by atoms with Gasteiger partial charge in [0.15, 0.2) is 5.82 Å². The maximum atomic E-state index is 15.6. The average Bonchev–Trinajstić information content (AvgIpc) is 3.80. The number of H-pyrrole nitrogens is 1. The number of hydrogen-bond donors (Lipinski definition) is 1. The topological polar surface area (TPSA) is 168 Å². The second-order valence-corrected chi connectivity index (χ2v) is 20.3. The molecule has 1 saturated heterocycles. The molecule has 6 heterocycles. The number of aromatic amines is 1. The first-order chi connectivity index (χ1) is 32.3. The number of imidazole rings is 1. The number of nitrogens with zero attached hydrogens (tertiary/aromatic N) is 8. The Morgan fingerprint density at radius 2 is 1.75 bits per heavy atom. The van der Waals surface area contributed by atoms with Gasteiger partial charge < -0.3 is 23.8 Å². The molecule has 1 N–H and O–H groups in total. The van der Waals surface area contributed by atoms with Crippen LogP contribution in [0, 0.1) is 43.3 Å². The van der Waals surface area contributed by atoms with Gasteiger partial charge in [-0.05, 0) is 129 Å². The third-order valence-electron chi connectivity index (χ3n) is 17.0. The zero-order chi connectivity index (χ0) is 46.4. The van der Waals surface area contributed by atoms with Gasteiger partial charge in [0.2, 0.25) is 5.91 Å². The van der Waals surface area contributed by atoms with E-state index < -0.39 is 17.3 Å². The lowest BCUT2D eigenvalue weighted by Crippen LogP contribution is -2.84. The molecular weight excluding hydrogens is 858 g/mol. The first kappa shape index (κ1) is 42.3. The Morgan fingerprint density at radius 1 is 1.01 bits per heavy atom. The van der Waals surface area contributed by atoms with Crippen molar-refractivity contribution in [3.05, 3.63) is 115 Å². The molecule has 0 radical (unpaired) electrons. The Balaban J connectivity index is 0.943. The van der Waals surface area contributed by atoms with Gasteiger partial charge in [0.1, 0.15) is 22.9 Å². The van der Waals surface area contributed by atoms with E-state index in [-0.39, 0.29) is 52.7 Å². The Bertz CT molecular complexity index is 3110. The minimum absolute atomic E-state index is 0.000499. The molecule has 16 nitrogen and oxygen atoms in total. The number of methoxy groups -OCH3 is 1. The lowest BCUT2D eigenvalue weighted by Gasteiger charge is -2.81. The molecule has 5 atom stereocenters. The molecule has 17 heteroatoms. The molecule has 6 aliphatic rings. The molecule has 12 rings (SSSR count). The summed E-state index contributed by atoms with van der Waals surface area (Å²) in [5.41, 5.74) is 4.36. The summed E-state index contributed by atoms with van der Waals surface area (Å²) in [5.74, 6) is 1.07. The van der Waals surface area contributed by atoms with E-state index in [2.05, 4.69) is 39.8 Å². The summed E-state index contributed by atoms with van der Waals surface area (Å²) in [6, 6.07) is 11.4. The Labute approximate surface area is 385 Å². The summed E-state index contributed by atoms with van der Waals surface area (Å²) in [6.07, 6.45) is 8.25. The number of fused-ring (bicyclic) bond motifs is 2. The van der Waals surface area contributed by atoms with Gasteiger partial charge in [-0.2, -0.15) is 5.10 Å². The highest BCUT2D eigenvalue weighted by Crippen LogP contribution is 2.78. The van der Waals surface area contributed by atoms with Gasteiger partial charge in [-0.3, -0.25) is 28.2 Å². The van der Waals surface area contributed by atoms with E-state index in [9.17, 15) is 14.4 Å². The standard InChI is InChI=1S/C50H56FN9O7/c1-26-19-34(20-27(2)42(26)51)60-44(57-14-13-56(48(57)64)43-35-24-49(25-36(43)41(35)49)58(30(5)61)15-18-65-6)40-29(4)55(12-9-37(40)53-60)45(62)39-22-33-21-32(31-10-16-66-17-11-31)7-8-38(33)59(39)50(23-28(50)3)46-52-47(63)67-54-46/h7-8,13-14,19-22,28-29,31,35-36,41,43H,9-12,15-18,23-25H2,1-6H3,(H,52,54,63)/t28-,29-,35?,36?,41?,43?,49?,50-/m0/s1. The van der Waals surface area contributed by atoms with Crippen LogP contribution in [0.2, 0.25) is 0 Å². The number of aromatic nitrogens is 7. The van der Waals surface area contributed by atoms with Gasteiger partial charge >= 0.3 is 11.4 Å². The largest absolute Gasteiger partial charge is 0.438 e. The van der Waals surface area contributed by atoms with Crippen LogP contribution in [0.3, 0.4) is 0 Å². The van der Waals surface area contributed by atoms with Crippen molar-refractivity contribution in [1.82, 2.24) is 43.4 Å². The Kier molecular flexibility index (Phi) is 9.45. The number of rotatable bonds is 11. The molecule has 4 saturated carbocycles. The quantitative estimate of drug-likeness (QED) is 0.162. The lowest BCUT2D eigenvalue weighted by atomic mass is 9.30. The second kappa shape index (κ2) is 15.0. The molecular formula is C50H56FN9O7. The minimum Gasteiger partial charge on any atom is -0.383 e. The van der Waals surface area contributed by atoms with Crippen LogP contribution in [-0.2, 0) is 26.2 Å². The van der Waals surface area contributed by atoms with Gasteiger partial charge in [0.05, 0.1) is 24.0 Å². The van der Waals surface area contributed by atoms with Crippen LogP contribution >= 0.6 is 0 Å². The van der Waals surface area contributed by atoms with E-state index in [0.717, 1.165) is 47.8 Å². The zero-order valence-corrected chi connectivity index (χ0v) is 38.8. The van der Waals surface area contributed by atoms with Crippen molar-refractivity contribution in [2.45, 2.75) is 102 Å². The van der Waals surface area contributed by atoms with Crippen molar-refractivity contribution in [3.63, 3.8) is 0 Å². The zero-order valence-electron chi connectivity index (χ0n) is 38.8. The fourth-order valence-corrected chi connectivity index (χ4v) is 13.7. The van der Waals surface area contributed by atoms with Crippen LogP contribution in [0.25, 0.3) is 22.4 Å². The number of ether oxygens (including phenoxy) is 2. The van der Waals surface area contributed by atoms with Crippen molar-refractivity contribution < 1.29 is 28.0 Å². The van der Waals surface area contributed by atoms with E-state index in [4.69, 9.17) is 19.1 Å². The van der Waals surface area contributed by atoms with E-state index in [1.54, 1.807) is 55.5 Å². The lowest BCUT2D eigenvalue weighted by molar-refractivity contribution is -0.302. The molecule has 2 amide bonds. The number of benzene rings is 2. The molecule has 2 unspecified atom stereocenters. The number of nitrogens with one attached hydrogen (secondary N) is 1. The van der Waals surface area contributed by atoms with Crippen molar-refractivity contribution in [2.24, 2.45) is 23.7 Å². The maximum Gasteiger partial charge on any atom is 0.438 e. The highest BCUT2D eigenvalue weighted by molar-refractivity contribution is 6.00. The number of carbonyl (C=O) groups excluding carboxylic acids is 2. The van der Waals surface area contributed by atoms with Crippen LogP contribution < -0.4 is 11.4 Å². The van der Waals surface area contributed by atoms with Crippen molar-refractivity contribution >= 4 is 22.7 Å². The SMILES string of the molecule is COCCN(C(C)=O)C12CC3C(n4ccn(-c5c6c(nn5-c5cc(C)c(F)c(C)c5)CCN(C(=O)c5cc7cc(C8CCOCC8)ccc7n5[C@@]5(c7noc(=O)[nH]7)C[C@@H]5C)[C@H]6C)c4=O)C(C1)C32. The van der Waals surface area contributed by atoms with Gasteiger partial charge in [-0.15, -0.1) is 0 Å². The highest BCUT2D eigenvalue weighted by Gasteiger charge is 2.79. The normalized spacial score (nSPS) is 28.4. The summed E-state index contributed by atoms with van der Waals surface area (Å²) in [5, 5.41) is 10.3. The average molecular weight is 914 g/mol. The van der Waals surface area contributed by atoms with E-state index in [1.807, 2.05) is 33.6 Å². The van der Waals surface area contributed by atoms with Crippen LogP contribution in [-0.4, -0.2) is 101 Å². The molecule has 6 aromatic rings. The van der Waals surface area contributed by atoms with Gasteiger partial charge in [-0.25, -0.2) is 18.7 Å². The van der Waals surface area contributed by atoms with E-state index in [0.29, 0.717) is 91.7 Å². The fourth-order valence-electron chi connectivity index (χ4n) is 13.7. The summed E-state index contributed by atoms with van der Waals surface area (Å²) >= 11 is 0. The van der Waals surface area contributed by atoms with Crippen LogP contribution in [0.1, 0.15) is 115 Å². The van der Waals surface area contributed by atoms with E-state index >= 15 is 9.18 Å². The second-order valence-electron chi connectivity index (χ2n) is 20.3.